The number of ether oxygens (including phenoxy) is 1. The summed E-state index contributed by atoms with van der Waals surface area (Å²) >= 11 is 0. The topological polar surface area (TPSA) is 87.7 Å². The summed E-state index contributed by atoms with van der Waals surface area (Å²) in [4.78, 5) is 22.3. The van der Waals surface area contributed by atoms with Gasteiger partial charge in [0, 0.05) is 12.6 Å². The van der Waals surface area contributed by atoms with E-state index in [4.69, 9.17) is 9.84 Å². The molecule has 0 aliphatic rings. The highest BCUT2D eigenvalue weighted by atomic mass is 16.5. The molecule has 2 unspecified atom stereocenters. The Balaban J connectivity index is 4.05. The average Bonchev–Trinajstić information content (AvgIpc) is 2.32. The lowest BCUT2D eigenvalue weighted by Gasteiger charge is -2.21. The molecule has 3 N–H and O–H groups in total. The molecule has 0 rings (SSSR count). The van der Waals surface area contributed by atoms with Crippen LogP contribution in [0, 0.1) is 5.92 Å². The Bertz CT molecular complexity index is 305. The summed E-state index contributed by atoms with van der Waals surface area (Å²) in [6.07, 6.45) is 1.42. The van der Waals surface area contributed by atoms with E-state index in [1.807, 2.05) is 20.8 Å². The van der Waals surface area contributed by atoms with Crippen LogP contribution in [0.1, 0.15) is 27.2 Å². The molecule has 0 aromatic rings. The smallest absolute Gasteiger partial charge is 0.315 e. The number of amides is 2. The molecule has 0 aromatic heterocycles. The van der Waals surface area contributed by atoms with E-state index in [9.17, 15) is 9.59 Å². The van der Waals surface area contributed by atoms with Crippen LogP contribution in [0.3, 0.4) is 0 Å². The van der Waals surface area contributed by atoms with Crippen LogP contribution < -0.4 is 10.6 Å². The van der Waals surface area contributed by atoms with Crippen LogP contribution in [0.5, 0.6) is 0 Å². The van der Waals surface area contributed by atoms with Gasteiger partial charge in [0.25, 0.3) is 0 Å². The van der Waals surface area contributed by atoms with E-state index in [1.165, 1.54) is 0 Å². The van der Waals surface area contributed by atoms with E-state index in [0.717, 1.165) is 0 Å². The van der Waals surface area contributed by atoms with Gasteiger partial charge in [0.05, 0.1) is 19.1 Å². The van der Waals surface area contributed by atoms with E-state index in [-0.39, 0.29) is 30.5 Å². The van der Waals surface area contributed by atoms with E-state index >= 15 is 0 Å². The first kappa shape index (κ1) is 17.4. The largest absolute Gasteiger partial charge is 0.481 e. The molecule has 0 heterocycles. The van der Waals surface area contributed by atoms with Gasteiger partial charge in [-0.1, -0.05) is 19.9 Å². The van der Waals surface area contributed by atoms with Crippen LogP contribution in [-0.4, -0.2) is 42.4 Å². The van der Waals surface area contributed by atoms with Crippen LogP contribution in [0.15, 0.2) is 12.7 Å². The van der Waals surface area contributed by atoms with Gasteiger partial charge in [-0.25, -0.2) is 4.79 Å². The summed E-state index contributed by atoms with van der Waals surface area (Å²) in [5, 5.41) is 14.1. The minimum atomic E-state index is -0.929. The van der Waals surface area contributed by atoms with Gasteiger partial charge < -0.3 is 20.5 Å². The van der Waals surface area contributed by atoms with Crippen molar-refractivity contribution in [2.45, 2.75) is 39.3 Å². The molecule has 19 heavy (non-hydrogen) atoms. The van der Waals surface area contributed by atoms with Crippen molar-refractivity contribution in [1.29, 1.82) is 0 Å². The number of carbonyl (C=O) groups excluding carboxylic acids is 1. The predicted molar refractivity (Wildman–Crippen MR) is 73.0 cm³/mol. The fourth-order valence-corrected chi connectivity index (χ4v) is 1.39. The number of urea groups is 1. The van der Waals surface area contributed by atoms with Gasteiger partial charge in [-0.2, -0.15) is 0 Å². The molecule has 0 saturated heterocycles. The lowest BCUT2D eigenvalue weighted by Crippen LogP contribution is -2.47. The first-order valence-corrected chi connectivity index (χ1v) is 6.35. The average molecular weight is 272 g/mol. The monoisotopic (exact) mass is 272 g/mol. The highest BCUT2D eigenvalue weighted by molar-refractivity contribution is 5.75. The molecule has 2 amide bonds. The Morgan fingerprint density at radius 2 is 2.00 bits per heavy atom. The van der Waals surface area contributed by atoms with Gasteiger partial charge in [-0.05, 0) is 12.8 Å². The zero-order chi connectivity index (χ0) is 14.8. The Morgan fingerprint density at radius 3 is 2.47 bits per heavy atom. The SMILES string of the molecule is C=CCOC(C)CNC(=O)NC(CC(=O)O)C(C)C. The molecule has 0 aliphatic carbocycles. The van der Waals surface area contributed by atoms with Gasteiger partial charge in [0.2, 0.25) is 0 Å². The first-order chi connectivity index (χ1) is 8.86. The number of carbonyl (C=O) groups is 2. The molecule has 2 atom stereocenters. The molecule has 0 radical (unpaired) electrons. The van der Waals surface area contributed by atoms with Gasteiger partial charge >= 0.3 is 12.0 Å². The maximum atomic E-state index is 11.6. The second kappa shape index (κ2) is 9.38. The van der Waals surface area contributed by atoms with Crippen LogP contribution in [0.25, 0.3) is 0 Å². The number of aliphatic carboxylic acids is 1. The number of nitrogens with one attached hydrogen (secondary N) is 2. The van der Waals surface area contributed by atoms with Crippen molar-refractivity contribution in [2.75, 3.05) is 13.2 Å². The Kier molecular flexibility index (Phi) is 8.61. The lowest BCUT2D eigenvalue weighted by molar-refractivity contribution is -0.137. The number of rotatable bonds is 9. The molecule has 0 aliphatic heterocycles. The zero-order valence-corrected chi connectivity index (χ0v) is 11.8. The highest BCUT2D eigenvalue weighted by Crippen LogP contribution is 2.05. The highest BCUT2D eigenvalue weighted by Gasteiger charge is 2.19. The summed E-state index contributed by atoms with van der Waals surface area (Å²) in [5.41, 5.74) is 0. The molecular weight excluding hydrogens is 248 g/mol. The van der Waals surface area contributed by atoms with Crippen molar-refractivity contribution >= 4 is 12.0 Å². The summed E-state index contributed by atoms with van der Waals surface area (Å²) in [5.74, 6) is -0.877. The van der Waals surface area contributed by atoms with Crippen molar-refractivity contribution in [3.8, 4) is 0 Å². The van der Waals surface area contributed by atoms with Gasteiger partial charge in [0.15, 0.2) is 0 Å². The van der Waals surface area contributed by atoms with E-state index < -0.39 is 5.97 Å². The third-order valence-corrected chi connectivity index (χ3v) is 2.56. The van der Waals surface area contributed by atoms with E-state index in [2.05, 4.69) is 17.2 Å². The molecule has 0 bridgehead atoms. The van der Waals surface area contributed by atoms with Crippen LogP contribution in [-0.2, 0) is 9.53 Å². The third kappa shape index (κ3) is 9.07. The van der Waals surface area contributed by atoms with Crippen molar-refractivity contribution < 1.29 is 19.4 Å². The Hall–Kier alpha value is -1.56. The molecule has 0 spiro atoms. The maximum Gasteiger partial charge on any atom is 0.315 e. The normalized spacial score (nSPS) is 13.7. The van der Waals surface area contributed by atoms with Crippen LogP contribution in [0.2, 0.25) is 0 Å². The second-order valence-corrected chi connectivity index (χ2v) is 4.74. The van der Waals surface area contributed by atoms with Crippen LogP contribution >= 0.6 is 0 Å². The Labute approximate surface area is 114 Å². The Morgan fingerprint density at radius 1 is 1.37 bits per heavy atom. The van der Waals surface area contributed by atoms with Gasteiger partial charge in [-0.15, -0.1) is 6.58 Å². The minimum Gasteiger partial charge on any atom is -0.481 e. The lowest BCUT2D eigenvalue weighted by atomic mass is 10.0. The first-order valence-electron chi connectivity index (χ1n) is 6.35. The zero-order valence-electron chi connectivity index (χ0n) is 11.8. The van der Waals surface area contributed by atoms with Crippen LogP contribution in [0.4, 0.5) is 4.79 Å². The minimum absolute atomic E-state index is 0.0521. The fraction of sp³-hybridized carbons (Fsp3) is 0.692. The number of carboxylic acids is 1. The van der Waals surface area contributed by atoms with Gasteiger partial charge in [-0.3, -0.25) is 4.79 Å². The van der Waals surface area contributed by atoms with Crippen molar-refractivity contribution in [2.24, 2.45) is 5.92 Å². The quantitative estimate of drug-likeness (QED) is 0.553. The van der Waals surface area contributed by atoms with Gasteiger partial charge in [0.1, 0.15) is 0 Å². The summed E-state index contributed by atoms with van der Waals surface area (Å²) in [6, 6.07) is -0.768. The molecule has 6 heteroatoms. The summed E-state index contributed by atoms with van der Waals surface area (Å²) in [7, 11) is 0. The fourth-order valence-electron chi connectivity index (χ4n) is 1.39. The van der Waals surface area contributed by atoms with E-state index in [1.54, 1.807) is 6.08 Å². The summed E-state index contributed by atoms with van der Waals surface area (Å²) in [6.45, 7) is 9.89. The predicted octanol–water partition coefficient (Wildman–Crippen LogP) is 1.38. The molecular formula is C13H24N2O4. The standard InChI is InChI=1S/C13H24N2O4/c1-5-6-19-10(4)8-14-13(18)15-11(9(2)3)7-12(16)17/h5,9-11H,1,6-8H2,2-4H3,(H,16,17)(H2,14,15,18). The maximum absolute atomic E-state index is 11.6. The second-order valence-electron chi connectivity index (χ2n) is 4.74. The van der Waals surface area contributed by atoms with Crippen molar-refractivity contribution in [3.63, 3.8) is 0 Å². The summed E-state index contributed by atoms with van der Waals surface area (Å²) < 4.78 is 5.30. The molecule has 0 saturated carbocycles. The molecule has 0 fully saturated rings. The number of hydrogen-bond acceptors (Lipinski definition) is 3. The number of carboxylic acid groups (broad SMARTS) is 1. The molecule has 6 nitrogen and oxygen atoms in total. The van der Waals surface area contributed by atoms with Crippen molar-refractivity contribution in [3.05, 3.63) is 12.7 Å². The van der Waals surface area contributed by atoms with Crippen molar-refractivity contribution in [1.82, 2.24) is 10.6 Å². The number of hydrogen-bond donors (Lipinski definition) is 3. The molecule has 0 aromatic carbocycles. The third-order valence-electron chi connectivity index (χ3n) is 2.56. The molecule has 110 valence electrons. The van der Waals surface area contributed by atoms with E-state index in [0.29, 0.717) is 13.2 Å².